The molecular formula is C12H11N3O5S. The molecule has 0 bridgehead atoms. The Hall–Kier alpha value is -2.68. The van der Waals surface area contributed by atoms with Gasteiger partial charge in [-0.25, -0.2) is 0 Å². The van der Waals surface area contributed by atoms with Gasteiger partial charge in [-0.1, -0.05) is 0 Å². The second-order valence-electron chi connectivity index (χ2n) is 4.20. The number of nitrogens with two attached hydrogens (primary N) is 1. The highest BCUT2D eigenvalue weighted by Gasteiger charge is 2.22. The van der Waals surface area contributed by atoms with E-state index < -0.39 is 22.6 Å². The number of nitrogens with one attached hydrogen (secondary N) is 1. The van der Waals surface area contributed by atoms with E-state index in [0.717, 1.165) is 10.9 Å². The van der Waals surface area contributed by atoms with Crippen LogP contribution < -0.4 is 11.1 Å². The first-order valence-electron chi connectivity index (χ1n) is 5.76. The molecule has 8 nitrogen and oxygen atoms in total. The number of aryl methyl sites for hydroxylation is 1. The molecule has 3 N–H and O–H groups in total. The first kappa shape index (κ1) is 14.7. The highest BCUT2D eigenvalue weighted by Crippen LogP contribution is 2.32. The first-order chi connectivity index (χ1) is 9.81. The quantitative estimate of drug-likeness (QED) is 0.661. The van der Waals surface area contributed by atoms with Crippen LogP contribution in [0, 0.1) is 24.0 Å². The number of carbonyl (C=O) groups excluding carboxylic acids is 2. The summed E-state index contributed by atoms with van der Waals surface area (Å²) in [6, 6.07) is 2.26. The third kappa shape index (κ3) is 2.77. The van der Waals surface area contributed by atoms with Crippen LogP contribution in [0.25, 0.3) is 0 Å². The largest absolute Gasteiger partial charge is 0.433 e. The minimum absolute atomic E-state index is 0.221. The molecule has 9 heteroatoms. The molecule has 0 aliphatic rings. The summed E-state index contributed by atoms with van der Waals surface area (Å²) in [6.07, 6.45) is 0. The minimum Gasteiger partial charge on any atom is -0.395 e. The van der Waals surface area contributed by atoms with Crippen molar-refractivity contribution in [3.8, 4) is 0 Å². The fraction of sp³-hybridized carbons (Fsp3) is 0.167. The number of rotatable bonds is 4. The third-order valence-corrected chi connectivity index (χ3v) is 3.98. The fourth-order valence-electron chi connectivity index (χ4n) is 1.72. The topological polar surface area (TPSA) is 128 Å². The van der Waals surface area contributed by atoms with Crippen molar-refractivity contribution in [2.45, 2.75) is 13.8 Å². The van der Waals surface area contributed by atoms with Crippen LogP contribution in [0.3, 0.4) is 0 Å². The highest BCUT2D eigenvalue weighted by atomic mass is 32.1. The Labute approximate surface area is 122 Å². The third-order valence-electron chi connectivity index (χ3n) is 2.85. The number of primary amides is 1. The molecule has 0 spiro atoms. The molecule has 2 rings (SSSR count). The molecule has 0 saturated heterocycles. The lowest BCUT2D eigenvalue weighted by atomic mass is 10.1. The second kappa shape index (κ2) is 5.37. The van der Waals surface area contributed by atoms with Crippen molar-refractivity contribution < 1.29 is 18.9 Å². The number of hydrogen-bond acceptors (Lipinski definition) is 6. The first-order valence-corrected chi connectivity index (χ1v) is 6.58. The fourth-order valence-corrected chi connectivity index (χ4v) is 2.79. The van der Waals surface area contributed by atoms with Gasteiger partial charge in [0.2, 0.25) is 0 Å². The number of thiophene rings is 1. The van der Waals surface area contributed by atoms with Crippen molar-refractivity contribution >= 4 is 34.0 Å². The Morgan fingerprint density at radius 2 is 2.05 bits per heavy atom. The van der Waals surface area contributed by atoms with E-state index in [4.69, 9.17) is 10.2 Å². The van der Waals surface area contributed by atoms with Crippen LogP contribution in [0.5, 0.6) is 0 Å². The van der Waals surface area contributed by atoms with E-state index in [-0.39, 0.29) is 11.3 Å². The monoisotopic (exact) mass is 309 g/mol. The molecule has 0 aliphatic heterocycles. The SMILES string of the molecule is Cc1sc(NC(=O)c2ccc([N+](=O)[O-])o2)c(C(N)=O)c1C. The van der Waals surface area contributed by atoms with Gasteiger partial charge < -0.3 is 15.5 Å². The molecule has 2 aromatic rings. The van der Waals surface area contributed by atoms with Crippen LogP contribution in [0.1, 0.15) is 31.4 Å². The molecule has 0 aromatic carbocycles. The van der Waals surface area contributed by atoms with E-state index in [1.807, 2.05) is 0 Å². The Morgan fingerprint density at radius 3 is 2.57 bits per heavy atom. The minimum atomic E-state index is -0.745. The van der Waals surface area contributed by atoms with Gasteiger partial charge in [-0.05, 0) is 25.5 Å². The number of amides is 2. The van der Waals surface area contributed by atoms with E-state index in [0.29, 0.717) is 10.6 Å². The van der Waals surface area contributed by atoms with Crippen LogP contribution in [-0.2, 0) is 0 Å². The molecule has 0 saturated carbocycles. The molecular weight excluding hydrogens is 298 g/mol. The summed E-state index contributed by atoms with van der Waals surface area (Å²) in [7, 11) is 0. The molecule has 0 unspecified atom stereocenters. The Bertz CT molecular complexity index is 746. The smallest absolute Gasteiger partial charge is 0.395 e. The molecule has 2 heterocycles. The molecule has 0 radical (unpaired) electrons. The Kier molecular flexibility index (Phi) is 3.76. The lowest BCUT2D eigenvalue weighted by Gasteiger charge is -2.02. The molecule has 2 amide bonds. The van der Waals surface area contributed by atoms with Crippen molar-refractivity contribution in [2.24, 2.45) is 5.73 Å². The van der Waals surface area contributed by atoms with Gasteiger partial charge in [0.25, 0.3) is 11.8 Å². The standard InChI is InChI=1S/C12H11N3O5S/c1-5-6(2)21-12(9(5)10(13)16)14-11(17)7-3-4-8(20-7)15(18)19/h3-4H,1-2H3,(H2,13,16)(H,14,17). The van der Waals surface area contributed by atoms with Crippen molar-refractivity contribution in [1.29, 1.82) is 0 Å². The van der Waals surface area contributed by atoms with Crippen LogP contribution in [0.4, 0.5) is 10.9 Å². The van der Waals surface area contributed by atoms with E-state index >= 15 is 0 Å². The summed E-state index contributed by atoms with van der Waals surface area (Å²) in [5.74, 6) is -2.10. The lowest BCUT2D eigenvalue weighted by molar-refractivity contribution is -0.402. The van der Waals surface area contributed by atoms with Crippen molar-refractivity contribution in [2.75, 3.05) is 5.32 Å². The summed E-state index contributed by atoms with van der Waals surface area (Å²) >= 11 is 1.20. The van der Waals surface area contributed by atoms with E-state index in [2.05, 4.69) is 5.32 Å². The van der Waals surface area contributed by atoms with Gasteiger partial charge in [-0.2, -0.15) is 0 Å². The zero-order chi connectivity index (χ0) is 15.7. The molecule has 0 fully saturated rings. The maximum atomic E-state index is 12.0. The molecule has 0 atom stereocenters. The number of nitro groups is 1. The van der Waals surface area contributed by atoms with Gasteiger partial charge in [-0.3, -0.25) is 19.7 Å². The highest BCUT2D eigenvalue weighted by molar-refractivity contribution is 7.16. The maximum absolute atomic E-state index is 12.0. The zero-order valence-electron chi connectivity index (χ0n) is 11.1. The van der Waals surface area contributed by atoms with Crippen LogP contribution in [-0.4, -0.2) is 16.7 Å². The lowest BCUT2D eigenvalue weighted by Crippen LogP contribution is -2.17. The average molecular weight is 309 g/mol. The number of carbonyl (C=O) groups is 2. The van der Waals surface area contributed by atoms with E-state index in [9.17, 15) is 19.7 Å². The maximum Gasteiger partial charge on any atom is 0.433 e. The number of furan rings is 1. The van der Waals surface area contributed by atoms with Gasteiger partial charge in [-0.15, -0.1) is 11.3 Å². The van der Waals surface area contributed by atoms with Crippen LogP contribution in [0.2, 0.25) is 0 Å². The van der Waals surface area contributed by atoms with Crippen LogP contribution >= 0.6 is 11.3 Å². The normalized spacial score (nSPS) is 10.4. The Balaban J connectivity index is 2.29. The van der Waals surface area contributed by atoms with Crippen molar-refractivity contribution in [3.63, 3.8) is 0 Å². The number of nitrogens with zero attached hydrogens (tertiary/aromatic N) is 1. The van der Waals surface area contributed by atoms with Gasteiger partial charge in [0.05, 0.1) is 11.6 Å². The summed E-state index contributed by atoms with van der Waals surface area (Å²) in [5, 5.41) is 13.3. The predicted molar refractivity (Wildman–Crippen MR) is 75.6 cm³/mol. The summed E-state index contributed by atoms with van der Waals surface area (Å²) in [6.45, 7) is 3.51. The zero-order valence-corrected chi connectivity index (χ0v) is 11.9. The summed E-state index contributed by atoms with van der Waals surface area (Å²) < 4.78 is 4.79. The van der Waals surface area contributed by atoms with Crippen molar-refractivity contribution in [1.82, 2.24) is 0 Å². The summed E-state index contributed by atoms with van der Waals surface area (Å²) in [4.78, 5) is 34.0. The predicted octanol–water partition coefficient (Wildman–Crippen LogP) is 2.22. The van der Waals surface area contributed by atoms with Gasteiger partial charge in [0.15, 0.2) is 5.76 Å². The number of hydrogen-bond donors (Lipinski definition) is 2. The van der Waals surface area contributed by atoms with Crippen molar-refractivity contribution in [3.05, 3.63) is 44.0 Å². The van der Waals surface area contributed by atoms with Gasteiger partial charge >= 0.3 is 5.88 Å². The van der Waals surface area contributed by atoms with Crippen LogP contribution in [0.15, 0.2) is 16.5 Å². The molecule has 21 heavy (non-hydrogen) atoms. The van der Waals surface area contributed by atoms with Gasteiger partial charge in [0.1, 0.15) is 9.92 Å². The van der Waals surface area contributed by atoms with Gasteiger partial charge in [0, 0.05) is 4.88 Å². The number of anilines is 1. The summed E-state index contributed by atoms with van der Waals surface area (Å²) in [5.41, 5.74) is 6.21. The average Bonchev–Trinajstić information content (AvgIpc) is 2.96. The molecule has 110 valence electrons. The molecule has 2 aromatic heterocycles. The van der Waals surface area contributed by atoms with E-state index in [1.54, 1.807) is 13.8 Å². The molecule has 0 aliphatic carbocycles. The Morgan fingerprint density at radius 1 is 1.38 bits per heavy atom. The van der Waals surface area contributed by atoms with E-state index in [1.165, 1.54) is 17.4 Å². The second-order valence-corrected chi connectivity index (χ2v) is 5.43.